The number of rotatable bonds is 13. The van der Waals surface area contributed by atoms with E-state index in [1.54, 1.807) is 25.7 Å². The second kappa shape index (κ2) is 15.8. The molecule has 7 nitrogen and oxygen atoms in total. The van der Waals surface area contributed by atoms with Crippen LogP contribution in [0.2, 0.25) is 0 Å². The molecule has 0 aromatic heterocycles. The molecule has 2 atom stereocenters. The Morgan fingerprint density at radius 3 is 2.16 bits per heavy atom. The van der Waals surface area contributed by atoms with E-state index in [2.05, 4.69) is 30.2 Å². The lowest BCUT2D eigenvalue weighted by Crippen LogP contribution is -2.53. The van der Waals surface area contributed by atoms with Crippen molar-refractivity contribution >= 4 is 47.0 Å². The van der Waals surface area contributed by atoms with Gasteiger partial charge in [-0.15, -0.1) is 0 Å². The first kappa shape index (κ1) is 34.0. The fourth-order valence-electron chi connectivity index (χ4n) is 5.21. The number of ether oxygens (including phenoxy) is 1. The normalized spacial score (nSPS) is 12.8. The molecular weight excluding hydrogens is 558 g/mol. The van der Waals surface area contributed by atoms with Crippen LogP contribution >= 0.6 is 12.6 Å². The molecule has 0 aliphatic carbocycles. The Bertz CT molecular complexity index is 1380. The molecule has 3 aromatic carbocycles. The third-order valence-corrected chi connectivity index (χ3v) is 7.46. The van der Waals surface area contributed by atoms with E-state index in [0.29, 0.717) is 17.8 Å². The van der Waals surface area contributed by atoms with Gasteiger partial charge in [0.2, 0.25) is 5.91 Å². The molecule has 43 heavy (non-hydrogen) atoms. The topological polar surface area (TPSA) is 87.7 Å². The van der Waals surface area contributed by atoms with Gasteiger partial charge in [0.25, 0.3) is 5.91 Å². The molecule has 2 unspecified atom stereocenters. The van der Waals surface area contributed by atoms with Crippen LogP contribution in [0.15, 0.2) is 60.7 Å². The van der Waals surface area contributed by atoms with Crippen molar-refractivity contribution in [3.8, 4) is 0 Å². The number of hydrogen-bond donors (Lipinski definition) is 3. The summed E-state index contributed by atoms with van der Waals surface area (Å²) in [7, 11) is 0. The second-order valence-electron chi connectivity index (χ2n) is 12.2. The van der Waals surface area contributed by atoms with E-state index < -0.39 is 23.8 Å². The van der Waals surface area contributed by atoms with Crippen LogP contribution in [-0.2, 0) is 14.3 Å². The largest absolute Gasteiger partial charge is 0.444 e. The van der Waals surface area contributed by atoms with Gasteiger partial charge in [0.15, 0.2) is 0 Å². The Morgan fingerprint density at radius 1 is 0.884 bits per heavy atom. The number of fused-ring (bicyclic) bond motifs is 1. The van der Waals surface area contributed by atoms with E-state index in [9.17, 15) is 14.4 Å². The predicted octanol–water partition coefficient (Wildman–Crippen LogP) is 7.76. The molecule has 0 aliphatic rings. The molecule has 0 radical (unpaired) electrons. The Hall–Kier alpha value is -3.52. The quantitative estimate of drug-likeness (QED) is 0.137. The van der Waals surface area contributed by atoms with Gasteiger partial charge in [-0.3, -0.25) is 9.59 Å². The summed E-state index contributed by atoms with van der Waals surface area (Å²) in [6.45, 7) is 11.8. The lowest BCUT2D eigenvalue weighted by Gasteiger charge is -2.34. The van der Waals surface area contributed by atoms with Crippen molar-refractivity contribution in [2.75, 3.05) is 17.6 Å². The zero-order chi connectivity index (χ0) is 31.6. The maximum atomic E-state index is 14.2. The molecule has 232 valence electrons. The van der Waals surface area contributed by atoms with E-state index in [4.69, 9.17) is 4.74 Å². The number of hydrogen-bond acceptors (Lipinski definition) is 5. The van der Waals surface area contributed by atoms with Gasteiger partial charge in [0.1, 0.15) is 17.7 Å². The van der Waals surface area contributed by atoms with E-state index in [1.807, 2.05) is 74.5 Å². The van der Waals surface area contributed by atoms with Crippen LogP contribution in [0.5, 0.6) is 0 Å². The first-order chi connectivity index (χ1) is 20.4. The van der Waals surface area contributed by atoms with Crippen molar-refractivity contribution in [3.63, 3.8) is 0 Å². The predicted molar refractivity (Wildman–Crippen MR) is 179 cm³/mol. The number of aryl methyl sites for hydroxylation is 2. The van der Waals surface area contributed by atoms with Crippen molar-refractivity contribution in [3.05, 3.63) is 77.4 Å². The Balaban J connectivity index is 2.01. The zero-order valence-electron chi connectivity index (χ0n) is 26.4. The summed E-state index contributed by atoms with van der Waals surface area (Å²) in [5, 5.41) is 7.85. The van der Waals surface area contributed by atoms with Crippen LogP contribution in [0, 0.1) is 13.8 Å². The van der Waals surface area contributed by atoms with Gasteiger partial charge in [-0.25, -0.2) is 4.79 Å². The average molecular weight is 606 g/mol. The highest BCUT2D eigenvalue weighted by atomic mass is 32.1. The Kier molecular flexibility index (Phi) is 12.5. The fraction of sp³-hybridized carbons (Fsp3) is 0.457. The number of benzene rings is 3. The van der Waals surface area contributed by atoms with Gasteiger partial charge in [-0.05, 0) is 69.5 Å². The summed E-state index contributed by atoms with van der Waals surface area (Å²) >= 11 is 4.41. The minimum atomic E-state index is -0.976. The summed E-state index contributed by atoms with van der Waals surface area (Å²) in [4.78, 5) is 42.8. The van der Waals surface area contributed by atoms with Crippen LogP contribution in [0.25, 0.3) is 10.8 Å². The third-order valence-electron chi connectivity index (χ3n) is 7.09. The number of nitrogens with zero attached hydrogens (tertiary/aromatic N) is 1. The molecule has 2 N–H and O–H groups in total. The van der Waals surface area contributed by atoms with Gasteiger partial charge in [0, 0.05) is 18.0 Å². The number of thiol groups is 1. The number of unbranched alkanes of at least 4 members (excludes halogenated alkanes) is 4. The van der Waals surface area contributed by atoms with Gasteiger partial charge in [-0.2, -0.15) is 12.6 Å². The van der Waals surface area contributed by atoms with E-state index in [1.165, 1.54) is 0 Å². The number of carbonyl (C=O) groups is 3. The molecule has 0 saturated carbocycles. The van der Waals surface area contributed by atoms with Crippen molar-refractivity contribution in [2.24, 2.45) is 0 Å². The monoisotopic (exact) mass is 605 g/mol. The molecule has 0 saturated heterocycles. The second-order valence-corrected chi connectivity index (χ2v) is 12.6. The average Bonchev–Trinajstić information content (AvgIpc) is 2.93. The molecular formula is C35H47N3O4S. The first-order valence-electron chi connectivity index (χ1n) is 15.2. The lowest BCUT2D eigenvalue weighted by atomic mass is 9.98. The smallest absolute Gasteiger partial charge is 0.408 e. The van der Waals surface area contributed by atoms with E-state index >= 15 is 0 Å². The van der Waals surface area contributed by atoms with Crippen LogP contribution in [0.1, 0.15) is 82.5 Å². The Labute approximate surface area is 262 Å². The molecule has 8 heteroatoms. The van der Waals surface area contributed by atoms with Gasteiger partial charge < -0.3 is 20.3 Å². The maximum absolute atomic E-state index is 14.2. The maximum Gasteiger partial charge on any atom is 0.408 e. The molecule has 3 amide bonds. The molecule has 0 bridgehead atoms. The molecule has 3 rings (SSSR count). The van der Waals surface area contributed by atoms with Gasteiger partial charge in [0.05, 0.1) is 0 Å². The van der Waals surface area contributed by atoms with Crippen molar-refractivity contribution < 1.29 is 19.1 Å². The SMILES string of the molecule is CCCCCCCN(C(=O)C(CS)NC(=O)OC(C)(C)C)C(C(=O)Nc1ccc2ccccc2c1)c1cc(C)cc(C)c1. The number of anilines is 1. The summed E-state index contributed by atoms with van der Waals surface area (Å²) in [6, 6.07) is 17.8. The van der Waals surface area contributed by atoms with Crippen LogP contribution < -0.4 is 10.6 Å². The van der Waals surface area contributed by atoms with Gasteiger partial charge >= 0.3 is 6.09 Å². The van der Waals surface area contributed by atoms with Gasteiger partial charge in [-0.1, -0.05) is 92.3 Å². The standard InChI is InChI=1S/C35H47N3O4S/c1-7-8-9-10-13-18-38(33(40)30(23-43)37-34(41)42-35(4,5)6)31(28-20-24(2)19-25(3)21-28)32(39)36-29-17-16-26-14-11-12-15-27(26)22-29/h11-12,14-17,19-22,30-31,43H,7-10,13,18,23H2,1-6H3,(H,36,39)(H,37,41). The summed E-state index contributed by atoms with van der Waals surface area (Å²) < 4.78 is 5.43. The van der Waals surface area contributed by atoms with Crippen LogP contribution in [-0.4, -0.2) is 46.7 Å². The lowest BCUT2D eigenvalue weighted by molar-refractivity contribution is -0.140. The highest BCUT2D eigenvalue weighted by Gasteiger charge is 2.36. The summed E-state index contributed by atoms with van der Waals surface area (Å²) in [5.41, 5.74) is 2.62. The fourth-order valence-corrected chi connectivity index (χ4v) is 5.45. The number of nitrogens with one attached hydrogen (secondary N) is 2. The summed E-state index contributed by atoms with van der Waals surface area (Å²) in [5.74, 6) is -0.650. The minimum absolute atomic E-state index is 0.0519. The number of amides is 3. The third kappa shape index (κ3) is 10.3. The van der Waals surface area contributed by atoms with Crippen molar-refractivity contribution in [1.82, 2.24) is 10.2 Å². The first-order valence-corrected chi connectivity index (χ1v) is 15.8. The van der Waals surface area contributed by atoms with Crippen molar-refractivity contribution in [1.29, 1.82) is 0 Å². The molecule has 0 heterocycles. The van der Waals surface area contributed by atoms with Crippen LogP contribution in [0.4, 0.5) is 10.5 Å². The van der Waals surface area contributed by atoms with Crippen LogP contribution in [0.3, 0.4) is 0 Å². The molecule has 3 aromatic rings. The molecule has 0 spiro atoms. The van der Waals surface area contributed by atoms with E-state index in [-0.39, 0.29) is 17.6 Å². The molecule has 0 fully saturated rings. The zero-order valence-corrected chi connectivity index (χ0v) is 27.3. The Morgan fingerprint density at radius 2 is 1.53 bits per heavy atom. The number of alkyl carbamates (subject to hydrolysis) is 1. The highest BCUT2D eigenvalue weighted by molar-refractivity contribution is 7.80. The number of carbonyl (C=O) groups excluding carboxylic acids is 3. The van der Waals surface area contributed by atoms with E-state index in [0.717, 1.165) is 54.0 Å². The highest BCUT2D eigenvalue weighted by Crippen LogP contribution is 2.28. The van der Waals surface area contributed by atoms with Crippen molar-refractivity contribution in [2.45, 2.75) is 91.3 Å². The minimum Gasteiger partial charge on any atom is -0.444 e. The molecule has 0 aliphatic heterocycles. The summed E-state index contributed by atoms with van der Waals surface area (Å²) in [6.07, 6.45) is 4.20.